The zero-order chi connectivity index (χ0) is 22.2. The number of rotatable bonds is 9. The summed E-state index contributed by atoms with van der Waals surface area (Å²) in [4.78, 5) is 21.0. The second kappa shape index (κ2) is 10.4. The van der Waals surface area contributed by atoms with E-state index in [2.05, 4.69) is 15.3 Å². The number of thiazole rings is 1. The lowest BCUT2D eigenvalue weighted by atomic mass is 10.3. The van der Waals surface area contributed by atoms with E-state index >= 15 is 0 Å². The molecule has 0 saturated heterocycles. The van der Waals surface area contributed by atoms with Crippen LogP contribution in [0.1, 0.15) is 6.92 Å². The normalized spacial score (nSPS) is 10.4. The van der Waals surface area contributed by atoms with Gasteiger partial charge in [0, 0.05) is 23.3 Å². The van der Waals surface area contributed by atoms with E-state index in [4.69, 9.17) is 14.2 Å². The van der Waals surface area contributed by atoms with Crippen molar-refractivity contribution in [3.63, 3.8) is 0 Å². The molecule has 0 radical (unpaired) electrons. The number of nitrogens with zero attached hydrogens (tertiary/aromatic N) is 2. The number of esters is 1. The standard InChI is InChI=1S/C24H21N3O4S/c1-2-29-18-9-11-19(12-10-18)30-15-23(28)31-20-7-5-6-17(14-20)26-24-27-22(16-32-24)21-8-3-4-13-25-21/h3-14,16H,2,15H2,1H3,(H,26,27). The Morgan fingerprint density at radius 1 is 0.938 bits per heavy atom. The van der Waals surface area contributed by atoms with Crippen molar-refractivity contribution >= 4 is 28.1 Å². The van der Waals surface area contributed by atoms with E-state index in [1.807, 2.05) is 36.6 Å². The quantitative estimate of drug-likeness (QED) is 0.274. The lowest BCUT2D eigenvalue weighted by molar-refractivity contribution is -0.136. The van der Waals surface area contributed by atoms with Gasteiger partial charge in [-0.3, -0.25) is 4.98 Å². The predicted octanol–water partition coefficient (Wildman–Crippen LogP) is 5.33. The van der Waals surface area contributed by atoms with E-state index in [1.165, 1.54) is 11.3 Å². The van der Waals surface area contributed by atoms with Crippen molar-refractivity contribution < 1.29 is 19.0 Å². The zero-order valence-corrected chi connectivity index (χ0v) is 18.2. The van der Waals surface area contributed by atoms with Gasteiger partial charge in [0.25, 0.3) is 0 Å². The van der Waals surface area contributed by atoms with Crippen molar-refractivity contribution in [1.82, 2.24) is 9.97 Å². The maximum Gasteiger partial charge on any atom is 0.349 e. The fourth-order valence-electron chi connectivity index (χ4n) is 2.83. The molecule has 2 aromatic heterocycles. The Bertz CT molecular complexity index is 1160. The molecule has 2 heterocycles. The predicted molar refractivity (Wildman–Crippen MR) is 124 cm³/mol. The van der Waals surface area contributed by atoms with Crippen molar-refractivity contribution in [3.8, 4) is 28.6 Å². The van der Waals surface area contributed by atoms with Crippen LogP contribution in [0.3, 0.4) is 0 Å². The van der Waals surface area contributed by atoms with Crippen LogP contribution in [-0.2, 0) is 4.79 Å². The fraction of sp³-hybridized carbons (Fsp3) is 0.125. The van der Waals surface area contributed by atoms with Gasteiger partial charge in [0.1, 0.15) is 22.9 Å². The van der Waals surface area contributed by atoms with Crippen molar-refractivity contribution in [2.45, 2.75) is 6.92 Å². The lowest BCUT2D eigenvalue weighted by Gasteiger charge is -2.09. The first-order valence-electron chi connectivity index (χ1n) is 10.00. The number of hydrogen-bond donors (Lipinski definition) is 1. The maximum absolute atomic E-state index is 12.2. The minimum atomic E-state index is -0.497. The summed E-state index contributed by atoms with van der Waals surface area (Å²) in [6, 6.07) is 19.9. The van der Waals surface area contributed by atoms with Crippen molar-refractivity contribution in [3.05, 3.63) is 78.3 Å². The average molecular weight is 448 g/mol. The van der Waals surface area contributed by atoms with Gasteiger partial charge in [0.15, 0.2) is 11.7 Å². The van der Waals surface area contributed by atoms with Gasteiger partial charge in [-0.25, -0.2) is 9.78 Å². The van der Waals surface area contributed by atoms with Gasteiger partial charge in [0.05, 0.1) is 12.3 Å². The summed E-state index contributed by atoms with van der Waals surface area (Å²) in [6.45, 7) is 2.31. The monoisotopic (exact) mass is 447 g/mol. The maximum atomic E-state index is 12.2. The number of ether oxygens (including phenoxy) is 3. The summed E-state index contributed by atoms with van der Waals surface area (Å²) in [7, 11) is 0. The van der Waals surface area contributed by atoms with Gasteiger partial charge in [0.2, 0.25) is 0 Å². The summed E-state index contributed by atoms with van der Waals surface area (Å²) in [5.74, 6) is 1.23. The van der Waals surface area contributed by atoms with Crippen molar-refractivity contribution in [2.24, 2.45) is 0 Å². The molecule has 4 aromatic rings. The highest BCUT2D eigenvalue weighted by atomic mass is 32.1. The Balaban J connectivity index is 1.32. The Labute approximate surface area is 189 Å². The highest BCUT2D eigenvalue weighted by Gasteiger charge is 2.09. The second-order valence-corrected chi connectivity index (χ2v) is 7.43. The van der Waals surface area contributed by atoms with E-state index in [1.54, 1.807) is 48.7 Å². The van der Waals surface area contributed by atoms with Gasteiger partial charge < -0.3 is 19.5 Å². The molecule has 0 bridgehead atoms. The molecular formula is C24H21N3O4S. The summed E-state index contributed by atoms with van der Waals surface area (Å²) in [5, 5.41) is 5.88. The molecule has 0 amide bonds. The Hall–Kier alpha value is -3.91. The molecule has 0 spiro atoms. The molecule has 2 aromatic carbocycles. The van der Waals surface area contributed by atoms with E-state index in [0.29, 0.717) is 23.2 Å². The van der Waals surface area contributed by atoms with Crippen LogP contribution in [0.25, 0.3) is 11.4 Å². The average Bonchev–Trinajstić information content (AvgIpc) is 3.28. The van der Waals surface area contributed by atoms with Crippen molar-refractivity contribution in [1.29, 1.82) is 0 Å². The van der Waals surface area contributed by atoms with Crippen molar-refractivity contribution in [2.75, 3.05) is 18.5 Å². The summed E-state index contributed by atoms with van der Waals surface area (Å²) >= 11 is 1.47. The minimum absolute atomic E-state index is 0.203. The largest absolute Gasteiger partial charge is 0.494 e. The molecule has 0 atom stereocenters. The molecule has 32 heavy (non-hydrogen) atoms. The number of carbonyl (C=O) groups excluding carboxylic acids is 1. The third-order valence-electron chi connectivity index (χ3n) is 4.24. The van der Waals surface area contributed by atoms with Gasteiger partial charge in [-0.1, -0.05) is 12.1 Å². The Morgan fingerprint density at radius 2 is 1.75 bits per heavy atom. The smallest absolute Gasteiger partial charge is 0.349 e. The molecule has 162 valence electrons. The van der Waals surface area contributed by atoms with E-state index in [0.717, 1.165) is 22.8 Å². The molecule has 0 saturated carbocycles. The summed E-state index contributed by atoms with van der Waals surface area (Å²) in [6.07, 6.45) is 1.74. The highest BCUT2D eigenvalue weighted by Crippen LogP contribution is 2.27. The Morgan fingerprint density at radius 3 is 2.50 bits per heavy atom. The van der Waals surface area contributed by atoms with E-state index in [9.17, 15) is 4.79 Å². The van der Waals surface area contributed by atoms with Gasteiger partial charge >= 0.3 is 5.97 Å². The molecule has 7 nitrogen and oxygen atoms in total. The molecule has 0 unspecified atom stereocenters. The summed E-state index contributed by atoms with van der Waals surface area (Å²) < 4.78 is 16.3. The van der Waals surface area contributed by atoms with Gasteiger partial charge in [-0.05, 0) is 55.5 Å². The van der Waals surface area contributed by atoms with Gasteiger partial charge in [-0.2, -0.15) is 0 Å². The molecule has 0 aliphatic rings. The van der Waals surface area contributed by atoms with Crippen LogP contribution in [-0.4, -0.2) is 29.2 Å². The third-order valence-corrected chi connectivity index (χ3v) is 5.00. The molecule has 8 heteroatoms. The van der Waals surface area contributed by atoms with Crippen LogP contribution < -0.4 is 19.5 Å². The molecule has 4 rings (SSSR count). The molecule has 1 N–H and O–H groups in total. The SMILES string of the molecule is CCOc1ccc(OCC(=O)Oc2cccc(Nc3nc(-c4ccccn4)cs3)c2)cc1. The topological polar surface area (TPSA) is 82.6 Å². The lowest BCUT2D eigenvalue weighted by Crippen LogP contribution is -2.17. The molecule has 0 aliphatic carbocycles. The molecule has 0 aliphatic heterocycles. The second-order valence-electron chi connectivity index (χ2n) is 6.57. The fourth-order valence-corrected chi connectivity index (χ4v) is 3.55. The molecule has 0 fully saturated rings. The first kappa shape index (κ1) is 21.3. The first-order valence-corrected chi connectivity index (χ1v) is 10.9. The number of nitrogens with one attached hydrogen (secondary N) is 1. The van der Waals surface area contributed by atoms with Crippen LogP contribution in [0.15, 0.2) is 78.3 Å². The number of benzene rings is 2. The van der Waals surface area contributed by atoms with Crippen LogP contribution in [0.2, 0.25) is 0 Å². The number of anilines is 2. The van der Waals surface area contributed by atoms with E-state index in [-0.39, 0.29) is 6.61 Å². The van der Waals surface area contributed by atoms with Crippen LogP contribution >= 0.6 is 11.3 Å². The van der Waals surface area contributed by atoms with E-state index < -0.39 is 5.97 Å². The molecular weight excluding hydrogens is 426 g/mol. The highest BCUT2D eigenvalue weighted by molar-refractivity contribution is 7.14. The first-order chi connectivity index (χ1) is 15.7. The number of hydrogen-bond acceptors (Lipinski definition) is 8. The third kappa shape index (κ3) is 5.83. The number of carbonyl (C=O) groups is 1. The number of pyridine rings is 1. The summed E-state index contributed by atoms with van der Waals surface area (Å²) in [5.41, 5.74) is 2.36. The number of aromatic nitrogens is 2. The zero-order valence-electron chi connectivity index (χ0n) is 17.4. The van der Waals surface area contributed by atoms with Crippen LogP contribution in [0.5, 0.6) is 17.2 Å². The van der Waals surface area contributed by atoms with Crippen LogP contribution in [0.4, 0.5) is 10.8 Å². The minimum Gasteiger partial charge on any atom is -0.494 e. The van der Waals surface area contributed by atoms with Crippen LogP contribution in [0, 0.1) is 0 Å². The van der Waals surface area contributed by atoms with Gasteiger partial charge in [-0.15, -0.1) is 11.3 Å². The Kier molecular flexibility index (Phi) is 6.94.